The molecule has 2 fully saturated rings. The molecule has 8 nitrogen and oxygen atoms in total. The van der Waals surface area contributed by atoms with Gasteiger partial charge in [-0.25, -0.2) is 8.42 Å². The number of benzene rings is 1. The van der Waals surface area contributed by atoms with Crippen LogP contribution in [0.4, 0.5) is 5.69 Å². The number of hydrogen-bond donors (Lipinski definition) is 2. The van der Waals surface area contributed by atoms with Gasteiger partial charge in [0.25, 0.3) is 5.91 Å². The van der Waals surface area contributed by atoms with Crippen molar-refractivity contribution >= 4 is 27.5 Å². The molecule has 9 heteroatoms. The maximum atomic E-state index is 13.3. The van der Waals surface area contributed by atoms with Crippen molar-refractivity contribution < 1.29 is 22.7 Å². The normalized spacial score (nSPS) is 25.6. The molecule has 0 aromatic heterocycles. The van der Waals surface area contributed by atoms with Crippen LogP contribution in [0.3, 0.4) is 0 Å². The quantitative estimate of drug-likeness (QED) is 0.688. The summed E-state index contributed by atoms with van der Waals surface area (Å²) in [6.45, 7) is 2.20. The standard InChI is InChI=1S/C22H31N3O5S/c1-15-21(26)24-19-13-18(10-11-20(19)30-15)31(28,29)25-12-6-7-16(14-25)22(27)23-17-8-4-2-3-5-9-17/h10-11,13,15-17H,2-9,12,14H2,1H3,(H,23,27)(H,24,26)/t15-,16-/m1/s1. The zero-order valence-electron chi connectivity index (χ0n) is 17.9. The Kier molecular flexibility index (Phi) is 6.52. The van der Waals surface area contributed by atoms with Crippen LogP contribution < -0.4 is 15.4 Å². The second-order valence-electron chi connectivity index (χ2n) is 8.81. The molecule has 0 radical (unpaired) electrons. The van der Waals surface area contributed by atoms with Gasteiger partial charge in [-0.1, -0.05) is 25.7 Å². The molecule has 2 N–H and O–H groups in total. The molecular weight excluding hydrogens is 418 g/mol. The van der Waals surface area contributed by atoms with Gasteiger partial charge in [0.2, 0.25) is 15.9 Å². The smallest absolute Gasteiger partial charge is 0.265 e. The number of ether oxygens (including phenoxy) is 1. The van der Waals surface area contributed by atoms with Crippen LogP contribution >= 0.6 is 0 Å². The molecule has 2 amide bonds. The Hall–Kier alpha value is -2.13. The van der Waals surface area contributed by atoms with Crippen LogP contribution in [0.5, 0.6) is 5.75 Å². The molecule has 1 saturated carbocycles. The number of nitrogens with one attached hydrogen (secondary N) is 2. The van der Waals surface area contributed by atoms with E-state index in [0.29, 0.717) is 30.8 Å². The number of rotatable bonds is 4. The average Bonchev–Trinajstić information content (AvgIpc) is 3.03. The third-order valence-electron chi connectivity index (χ3n) is 6.48. The SMILES string of the molecule is C[C@H]1Oc2ccc(S(=O)(=O)N3CCC[C@@H](C(=O)NC4CCCCCC4)C3)cc2NC1=O. The highest BCUT2D eigenvalue weighted by Gasteiger charge is 2.35. The van der Waals surface area contributed by atoms with Gasteiger partial charge >= 0.3 is 0 Å². The van der Waals surface area contributed by atoms with Crippen LogP contribution in [-0.2, 0) is 19.6 Å². The predicted molar refractivity (Wildman–Crippen MR) is 116 cm³/mol. The van der Waals surface area contributed by atoms with Gasteiger partial charge in [0.05, 0.1) is 16.5 Å². The number of anilines is 1. The van der Waals surface area contributed by atoms with Gasteiger partial charge in [0, 0.05) is 19.1 Å². The van der Waals surface area contributed by atoms with Gasteiger partial charge in [-0.3, -0.25) is 9.59 Å². The first-order valence-electron chi connectivity index (χ1n) is 11.3. The topological polar surface area (TPSA) is 105 Å². The summed E-state index contributed by atoms with van der Waals surface area (Å²) in [6, 6.07) is 4.70. The average molecular weight is 450 g/mol. The lowest BCUT2D eigenvalue weighted by atomic mass is 9.97. The zero-order valence-corrected chi connectivity index (χ0v) is 18.7. The van der Waals surface area contributed by atoms with Crippen molar-refractivity contribution in [1.29, 1.82) is 0 Å². The van der Waals surface area contributed by atoms with E-state index in [0.717, 1.165) is 25.7 Å². The molecule has 0 bridgehead atoms. The lowest BCUT2D eigenvalue weighted by Gasteiger charge is -2.32. The number of nitrogens with zero attached hydrogens (tertiary/aromatic N) is 1. The predicted octanol–water partition coefficient (Wildman–Crippen LogP) is 2.65. The Morgan fingerprint density at radius 3 is 2.61 bits per heavy atom. The minimum atomic E-state index is -3.79. The molecular formula is C22H31N3O5S. The van der Waals surface area contributed by atoms with Crippen molar-refractivity contribution in [3.8, 4) is 5.75 Å². The second-order valence-corrected chi connectivity index (χ2v) is 10.7. The molecule has 2 heterocycles. The van der Waals surface area contributed by atoms with Crippen LogP contribution in [0.15, 0.2) is 23.1 Å². The molecule has 2 aliphatic heterocycles. The van der Waals surface area contributed by atoms with E-state index in [1.807, 2.05) is 0 Å². The minimum Gasteiger partial charge on any atom is -0.479 e. The molecule has 2 atom stereocenters. The number of amides is 2. The Balaban J connectivity index is 1.45. The zero-order chi connectivity index (χ0) is 22.0. The molecule has 4 rings (SSSR count). The summed E-state index contributed by atoms with van der Waals surface area (Å²) < 4.78 is 33.4. The minimum absolute atomic E-state index is 0.0353. The summed E-state index contributed by atoms with van der Waals surface area (Å²) in [7, 11) is -3.79. The van der Waals surface area contributed by atoms with Gasteiger partial charge < -0.3 is 15.4 Å². The van der Waals surface area contributed by atoms with E-state index >= 15 is 0 Å². The fourth-order valence-electron chi connectivity index (χ4n) is 4.61. The molecule has 31 heavy (non-hydrogen) atoms. The van der Waals surface area contributed by atoms with Gasteiger partial charge in [-0.2, -0.15) is 4.31 Å². The summed E-state index contributed by atoms with van der Waals surface area (Å²) in [4.78, 5) is 24.8. The van der Waals surface area contributed by atoms with Crippen LogP contribution in [0.1, 0.15) is 58.3 Å². The molecule has 0 spiro atoms. The summed E-state index contributed by atoms with van der Waals surface area (Å²) >= 11 is 0. The Labute approximate surface area is 183 Å². The first-order chi connectivity index (χ1) is 14.8. The summed E-state index contributed by atoms with van der Waals surface area (Å²) in [6.07, 6.45) is 7.41. The number of carbonyl (C=O) groups excluding carboxylic acids is 2. The number of sulfonamides is 1. The first-order valence-corrected chi connectivity index (χ1v) is 12.7. The third-order valence-corrected chi connectivity index (χ3v) is 8.34. The maximum absolute atomic E-state index is 13.3. The number of carbonyl (C=O) groups is 2. The number of fused-ring (bicyclic) bond motifs is 1. The van der Waals surface area contributed by atoms with E-state index in [4.69, 9.17) is 4.74 Å². The van der Waals surface area contributed by atoms with Gasteiger partial charge in [-0.15, -0.1) is 0 Å². The van der Waals surface area contributed by atoms with Crippen molar-refractivity contribution in [3.63, 3.8) is 0 Å². The van der Waals surface area contributed by atoms with E-state index in [1.54, 1.807) is 13.0 Å². The largest absolute Gasteiger partial charge is 0.479 e. The van der Waals surface area contributed by atoms with Crippen LogP contribution in [0.25, 0.3) is 0 Å². The molecule has 1 saturated heterocycles. The van der Waals surface area contributed by atoms with E-state index in [-0.39, 0.29) is 35.2 Å². The number of piperidine rings is 1. The van der Waals surface area contributed by atoms with E-state index in [2.05, 4.69) is 10.6 Å². The van der Waals surface area contributed by atoms with E-state index < -0.39 is 16.1 Å². The molecule has 1 aliphatic carbocycles. The van der Waals surface area contributed by atoms with Gasteiger partial charge in [0.15, 0.2) is 6.10 Å². The fourth-order valence-corrected chi connectivity index (χ4v) is 6.17. The third kappa shape index (κ3) is 4.87. The van der Waals surface area contributed by atoms with E-state index in [9.17, 15) is 18.0 Å². The second kappa shape index (κ2) is 9.16. The maximum Gasteiger partial charge on any atom is 0.265 e. The molecule has 1 aromatic rings. The summed E-state index contributed by atoms with van der Waals surface area (Å²) in [5.41, 5.74) is 0.351. The van der Waals surface area contributed by atoms with E-state index in [1.165, 1.54) is 29.3 Å². The Morgan fingerprint density at radius 1 is 1.13 bits per heavy atom. The highest BCUT2D eigenvalue weighted by molar-refractivity contribution is 7.89. The monoisotopic (exact) mass is 449 g/mol. The highest BCUT2D eigenvalue weighted by Crippen LogP contribution is 2.33. The Bertz CT molecular complexity index is 940. The van der Waals surface area contributed by atoms with Crippen molar-refractivity contribution in [3.05, 3.63) is 18.2 Å². The van der Waals surface area contributed by atoms with Crippen molar-refractivity contribution in [2.24, 2.45) is 5.92 Å². The summed E-state index contributed by atoms with van der Waals surface area (Å²) in [5.74, 6) is -0.235. The van der Waals surface area contributed by atoms with Crippen LogP contribution in [0.2, 0.25) is 0 Å². The fraction of sp³-hybridized carbons (Fsp3) is 0.636. The lowest BCUT2D eigenvalue weighted by Crippen LogP contribution is -2.47. The molecule has 1 aromatic carbocycles. The molecule has 3 aliphatic rings. The van der Waals surface area contributed by atoms with Crippen molar-refractivity contribution in [1.82, 2.24) is 9.62 Å². The van der Waals surface area contributed by atoms with Crippen LogP contribution in [-0.4, -0.2) is 49.8 Å². The number of hydrogen-bond acceptors (Lipinski definition) is 5. The lowest BCUT2D eigenvalue weighted by molar-refractivity contribution is -0.127. The molecule has 170 valence electrons. The summed E-state index contributed by atoms with van der Waals surface area (Å²) in [5, 5.41) is 5.86. The highest BCUT2D eigenvalue weighted by atomic mass is 32.2. The van der Waals surface area contributed by atoms with Crippen molar-refractivity contribution in [2.75, 3.05) is 18.4 Å². The first kappa shape index (κ1) is 22.1. The Morgan fingerprint density at radius 2 is 1.87 bits per heavy atom. The molecule has 0 unspecified atom stereocenters. The van der Waals surface area contributed by atoms with Gasteiger partial charge in [0.1, 0.15) is 5.75 Å². The van der Waals surface area contributed by atoms with Crippen LogP contribution in [0, 0.1) is 5.92 Å². The van der Waals surface area contributed by atoms with Crippen molar-refractivity contribution in [2.45, 2.75) is 75.3 Å². The van der Waals surface area contributed by atoms with Gasteiger partial charge in [-0.05, 0) is 50.8 Å².